The molecule has 0 saturated carbocycles. The zero-order chi connectivity index (χ0) is 15.2. The number of carbonyl (C=O) groups is 1. The third-order valence-electron chi connectivity index (χ3n) is 3.24. The van der Waals surface area contributed by atoms with Gasteiger partial charge in [-0.05, 0) is 18.2 Å². The molecule has 1 fully saturated rings. The highest BCUT2D eigenvalue weighted by Gasteiger charge is 2.14. The number of anilines is 1. The van der Waals surface area contributed by atoms with E-state index >= 15 is 0 Å². The van der Waals surface area contributed by atoms with Crippen LogP contribution in [0.3, 0.4) is 0 Å². The molecule has 2 aromatic rings. The second-order valence-electron chi connectivity index (χ2n) is 4.71. The number of carbonyl (C=O) groups excluding carboxylic acids is 1. The summed E-state index contributed by atoms with van der Waals surface area (Å²) in [4.78, 5) is 17.7. The van der Waals surface area contributed by atoms with Gasteiger partial charge in [0, 0.05) is 37.1 Å². The minimum absolute atomic E-state index is 0.293. The Morgan fingerprint density at radius 2 is 2.00 bits per heavy atom. The second kappa shape index (κ2) is 6.86. The summed E-state index contributed by atoms with van der Waals surface area (Å²) in [5.74, 6) is 1.07. The Labute approximate surface area is 127 Å². The van der Waals surface area contributed by atoms with Gasteiger partial charge in [0.1, 0.15) is 5.76 Å². The van der Waals surface area contributed by atoms with Crippen LogP contribution >= 0.6 is 0 Å². The van der Waals surface area contributed by atoms with E-state index < -0.39 is 0 Å². The minimum atomic E-state index is -0.293. The highest BCUT2D eigenvalue weighted by molar-refractivity contribution is 5.94. The second-order valence-corrected chi connectivity index (χ2v) is 4.71. The Kier molecular flexibility index (Phi) is 4.45. The highest BCUT2D eigenvalue weighted by Crippen LogP contribution is 2.18. The van der Waals surface area contributed by atoms with Crippen molar-refractivity contribution in [2.24, 2.45) is 5.10 Å². The predicted molar refractivity (Wildman–Crippen MR) is 81.0 cm³/mol. The monoisotopic (exact) mass is 300 g/mol. The number of hydrogen-bond acceptors (Lipinski definition) is 6. The van der Waals surface area contributed by atoms with E-state index in [9.17, 15) is 4.79 Å². The lowest BCUT2D eigenvalue weighted by atomic mass is 10.3. The van der Waals surface area contributed by atoms with E-state index in [1.807, 2.05) is 12.1 Å². The Bertz CT molecular complexity index is 648. The van der Waals surface area contributed by atoms with Crippen LogP contribution in [0.5, 0.6) is 0 Å². The molecule has 114 valence electrons. The number of ether oxygens (including phenoxy) is 1. The largest absolute Gasteiger partial charge is 0.440 e. The molecule has 1 aliphatic heterocycles. The van der Waals surface area contributed by atoms with Crippen LogP contribution in [0.4, 0.5) is 5.88 Å². The van der Waals surface area contributed by atoms with Gasteiger partial charge in [0.25, 0.3) is 5.91 Å². The van der Waals surface area contributed by atoms with Crippen molar-refractivity contribution in [3.8, 4) is 0 Å². The first-order valence-corrected chi connectivity index (χ1v) is 6.99. The zero-order valence-electron chi connectivity index (χ0n) is 11.9. The molecule has 7 nitrogen and oxygen atoms in total. The van der Waals surface area contributed by atoms with Crippen molar-refractivity contribution >= 4 is 18.0 Å². The Morgan fingerprint density at radius 3 is 2.77 bits per heavy atom. The van der Waals surface area contributed by atoms with Crippen LogP contribution in [0.25, 0.3) is 0 Å². The fourth-order valence-corrected chi connectivity index (χ4v) is 2.09. The van der Waals surface area contributed by atoms with Crippen molar-refractivity contribution in [1.29, 1.82) is 0 Å². The average molecular weight is 300 g/mol. The number of hydrazone groups is 1. The van der Waals surface area contributed by atoms with Gasteiger partial charge < -0.3 is 14.1 Å². The summed E-state index contributed by atoms with van der Waals surface area (Å²) >= 11 is 0. The van der Waals surface area contributed by atoms with Gasteiger partial charge in [-0.25, -0.2) is 5.43 Å². The molecule has 1 N–H and O–H groups in total. The van der Waals surface area contributed by atoms with E-state index in [1.54, 1.807) is 24.5 Å². The first-order chi connectivity index (χ1) is 10.8. The maximum absolute atomic E-state index is 11.8. The van der Waals surface area contributed by atoms with Crippen molar-refractivity contribution in [2.45, 2.75) is 0 Å². The Balaban J connectivity index is 1.57. The Hall–Kier alpha value is -2.67. The first-order valence-electron chi connectivity index (χ1n) is 6.99. The maximum atomic E-state index is 11.8. The molecule has 7 heteroatoms. The third kappa shape index (κ3) is 3.50. The van der Waals surface area contributed by atoms with Crippen LogP contribution in [0, 0.1) is 0 Å². The van der Waals surface area contributed by atoms with E-state index in [4.69, 9.17) is 9.15 Å². The summed E-state index contributed by atoms with van der Waals surface area (Å²) in [7, 11) is 0. The summed E-state index contributed by atoms with van der Waals surface area (Å²) in [5, 5.41) is 3.89. The normalized spacial score (nSPS) is 15.2. The van der Waals surface area contributed by atoms with Crippen LogP contribution < -0.4 is 10.3 Å². The zero-order valence-corrected chi connectivity index (χ0v) is 11.9. The number of nitrogens with one attached hydrogen (secondary N) is 1. The molecule has 1 amide bonds. The van der Waals surface area contributed by atoms with Crippen LogP contribution in [-0.2, 0) is 4.74 Å². The summed E-state index contributed by atoms with van der Waals surface area (Å²) in [5.41, 5.74) is 2.95. The van der Waals surface area contributed by atoms with E-state index in [1.165, 1.54) is 6.21 Å². The van der Waals surface area contributed by atoms with Gasteiger partial charge in [0.15, 0.2) is 5.88 Å². The predicted octanol–water partition coefficient (Wildman–Crippen LogP) is 1.28. The Morgan fingerprint density at radius 1 is 1.23 bits per heavy atom. The summed E-state index contributed by atoms with van der Waals surface area (Å²) in [6.45, 7) is 3.02. The smallest absolute Gasteiger partial charge is 0.271 e. The maximum Gasteiger partial charge on any atom is 0.271 e. The number of furan rings is 1. The summed E-state index contributed by atoms with van der Waals surface area (Å²) in [6, 6.07) is 6.94. The number of morpholine rings is 1. The van der Waals surface area contributed by atoms with E-state index in [0.29, 0.717) is 24.5 Å². The van der Waals surface area contributed by atoms with Crippen molar-refractivity contribution < 1.29 is 13.9 Å². The number of pyridine rings is 1. The molecular formula is C15H16N4O3. The number of rotatable bonds is 4. The molecule has 2 aromatic heterocycles. The minimum Gasteiger partial charge on any atom is -0.440 e. The molecule has 1 saturated heterocycles. The van der Waals surface area contributed by atoms with Crippen LogP contribution in [0.1, 0.15) is 16.1 Å². The third-order valence-corrected chi connectivity index (χ3v) is 3.24. The van der Waals surface area contributed by atoms with Crippen LogP contribution in [0.2, 0.25) is 0 Å². The van der Waals surface area contributed by atoms with Crippen molar-refractivity contribution in [1.82, 2.24) is 10.4 Å². The lowest BCUT2D eigenvalue weighted by molar-refractivity contribution is 0.0955. The molecule has 0 bridgehead atoms. The van der Waals surface area contributed by atoms with Gasteiger partial charge in [-0.2, -0.15) is 5.10 Å². The molecule has 22 heavy (non-hydrogen) atoms. The average Bonchev–Trinajstić information content (AvgIpc) is 3.05. The number of aromatic nitrogens is 1. The quantitative estimate of drug-likeness (QED) is 0.679. The fraction of sp³-hybridized carbons (Fsp3) is 0.267. The van der Waals surface area contributed by atoms with Crippen LogP contribution in [0.15, 0.2) is 46.2 Å². The SMILES string of the molecule is O=C(NN=Cc1ccc(N2CCOCC2)o1)c1ccncc1. The van der Waals surface area contributed by atoms with Gasteiger partial charge in [-0.1, -0.05) is 0 Å². The fourth-order valence-electron chi connectivity index (χ4n) is 2.09. The molecule has 0 unspecified atom stereocenters. The van der Waals surface area contributed by atoms with E-state index in [2.05, 4.69) is 20.4 Å². The lowest BCUT2D eigenvalue weighted by Gasteiger charge is -2.26. The number of nitrogens with zero attached hydrogens (tertiary/aromatic N) is 3. The molecule has 0 aromatic carbocycles. The highest BCUT2D eigenvalue weighted by atomic mass is 16.5. The summed E-state index contributed by atoms with van der Waals surface area (Å²) in [6.07, 6.45) is 4.59. The van der Waals surface area contributed by atoms with Gasteiger partial charge in [-0.15, -0.1) is 0 Å². The van der Waals surface area contributed by atoms with Crippen molar-refractivity contribution in [2.75, 3.05) is 31.2 Å². The number of amides is 1. The van der Waals surface area contributed by atoms with Crippen molar-refractivity contribution in [3.63, 3.8) is 0 Å². The number of hydrogen-bond donors (Lipinski definition) is 1. The molecule has 0 radical (unpaired) electrons. The molecule has 0 atom stereocenters. The molecular weight excluding hydrogens is 284 g/mol. The molecule has 3 rings (SSSR count). The molecule has 0 spiro atoms. The van der Waals surface area contributed by atoms with E-state index in [-0.39, 0.29) is 5.91 Å². The van der Waals surface area contributed by atoms with Crippen molar-refractivity contribution in [3.05, 3.63) is 48.0 Å². The van der Waals surface area contributed by atoms with Gasteiger partial charge >= 0.3 is 0 Å². The first kappa shape index (κ1) is 14.3. The standard InChI is InChI=1S/C15H16N4O3/c20-15(12-3-5-16-6-4-12)18-17-11-13-1-2-14(22-13)19-7-9-21-10-8-19/h1-6,11H,7-10H2,(H,18,20). The topological polar surface area (TPSA) is 80.0 Å². The van der Waals surface area contributed by atoms with Gasteiger partial charge in [-0.3, -0.25) is 9.78 Å². The summed E-state index contributed by atoms with van der Waals surface area (Å²) < 4.78 is 11.0. The van der Waals surface area contributed by atoms with Gasteiger partial charge in [0.05, 0.1) is 19.4 Å². The van der Waals surface area contributed by atoms with Gasteiger partial charge in [0.2, 0.25) is 0 Å². The van der Waals surface area contributed by atoms with Crippen LogP contribution in [-0.4, -0.2) is 43.4 Å². The molecule has 1 aliphatic rings. The van der Waals surface area contributed by atoms with E-state index in [0.717, 1.165) is 19.0 Å². The lowest BCUT2D eigenvalue weighted by Crippen LogP contribution is -2.35. The molecule has 0 aliphatic carbocycles. The molecule has 3 heterocycles.